The molecule has 0 spiro atoms. The van der Waals surface area contributed by atoms with Crippen LogP contribution in [0.2, 0.25) is 0 Å². The Labute approximate surface area is 189 Å². The maximum absolute atomic E-state index is 13.7. The van der Waals surface area contributed by atoms with E-state index in [1.54, 1.807) is 6.07 Å². The first-order chi connectivity index (χ1) is 15.7. The van der Waals surface area contributed by atoms with Crippen molar-refractivity contribution in [1.29, 1.82) is 0 Å². The van der Waals surface area contributed by atoms with E-state index in [2.05, 4.69) is 5.32 Å². The number of benzene rings is 3. The van der Waals surface area contributed by atoms with Crippen molar-refractivity contribution in [1.82, 2.24) is 4.31 Å². The van der Waals surface area contributed by atoms with E-state index in [0.29, 0.717) is 5.56 Å². The topological polar surface area (TPSA) is 83.6 Å². The summed E-state index contributed by atoms with van der Waals surface area (Å²) in [6.45, 7) is 1.17. The van der Waals surface area contributed by atoms with Gasteiger partial charge in [-0.3, -0.25) is 9.59 Å². The number of hydrogen-bond donors (Lipinski definition) is 1. The summed E-state index contributed by atoms with van der Waals surface area (Å²) in [5.74, 6) is -2.29. The van der Waals surface area contributed by atoms with Crippen LogP contribution >= 0.6 is 0 Å². The van der Waals surface area contributed by atoms with Crippen molar-refractivity contribution in [3.63, 3.8) is 0 Å². The van der Waals surface area contributed by atoms with Crippen LogP contribution in [0.5, 0.6) is 0 Å². The fourth-order valence-corrected chi connectivity index (χ4v) is 5.31. The van der Waals surface area contributed by atoms with E-state index in [-0.39, 0.29) is 33.8 Å². The third-order valence-corrected chi connectivity index (χ3v) is 7.14. The van der Waals surface area contributed by atoms with Crippen molar-refractivity contribution in [3.8, 4) is 0 Å². The smallest absolute Gasteiger partial charge is 0.268 e. The van der Waals surface area contributed by atoms with E-state index < -0.39 is 33.5 Å². The van der Waals surface area contributed by atoms with Gasteiger partial charge in [0.05, 0.1) is 12.2 Å². The maximum Gasteiger partial charge on any atom is 0.268 e. The molecule has 9 heteroatoms. The zero-order chi connectivity index (χ0) is 23.8. The summed E-state index contributed by atoms with van der Waals surface area (Å²) in [5.41, 5.74) is 1.02. The van der Waals surface area contributed by atoms with Crippen LogP contribution in [0.25, 0.3) is 4.91 Å². The number of amides is 2. The highest BCUT2D eigenvalue weighted by molar-refractivity contribution is 7.99. The minimum absolute atomic E-state index is 0.0372. The normalized spacial score (nSPS) is 15.1. The van der Waals surface area contributed by atoms with Gasteiger partial charge < -0.3 is 5.32 Å². The molecule has 2 amide bonds. The quantitative estimate of drug-likeness (QED) is 0.605. The molecule has 1 aliphatic heterocycles. The molecule has 0 radical (unpaired) electrons. The monoisotopic (exact) mass is 468 g/mol. The lowest BCUT2D eigenvalue weighted by Crippen LogP contribution is -2.30. The Hall–Kier alpha value is -3.85. The molecule has 0 saturated carbocycles. The van der Waals surface area contributed by atoms with Crippen LogP contribution in [0.3, 0.4) is 0 Å². The Kier molecular flexibility index (Phi) is 5.82. The maximum atomic E-state index is 13.7. The number of nitrogens with zero attached hydrogens (tertiary/aromatic N) is 1. The van der Waals surface area contributed by atoms with E-state index in [4.69, 9.17) is 0 Å². The molecular weight excluding hydrogens is 450 g/mol. The van der Waals surface area contributed by atoms with Crippen LogP contribution < -0.4 is 5.32 Å². The number of halogens is 2. The summed E-state index contributed by atoms with van der Waals surface area (Å²) < 4.78 is 53.9. The third-order valence-electron chi connectivity index (χ3n) is 5.21. The summed E-state index contributed by atoms with van der Waals surface area (Å²) in [5, 5.41) is 2.47. The highest BCUT2D eigenvalue weighted by Crippen LogP contribution is 2.36. The summed E-state index contributed by atoms with van der Waals surface area (Å²) >= 11 is 0. The predicted octanol–water partition coefficient (Wildman–Crippen LogP) is 4.32. The average Bonchev–Trinajstić information content (AvgIpc) is 2.96. The molecule has 0 saturated heterocycles. The Morgan fingerprint density at radius 1 is 0.939 bits per heavy atom. The first-order valence-corrected chi connectivity index (χ1v) is 11.3. The summed E-state index contributed by atoms with van der Waals surface area (Å²) in [4.78, 5) is 24.9. The molecular formula is C24H18F2N2O4S. The predicted molar refractivity (Wildman–Crippen MR) is 119 cm³/mol. The largest absolute Gasteiger partial charge is 0.319 e. The van der Waals surface area contributed by atoms with E-state index in [0.717, 1.165) is 16.4 Å². The lowest BCUT2D eigenvalue weighted by molar-refractivity contribution is -0.122. The van der Waals surface area contributed by atoms with Crippen LogP contribution in [0.4, 0.5) is 14.5 Å². The van der Waals surface area contributed by atoms with E-state index >= 15 is 0 Å². The number of hydrogen-bond acceptors (Lipinski definition) is 4. The first-order valence-electron chi connectivity index (χ1n) is 9.87. The standard InChI is InChI=1S/C24H18F2N2O4S/c1-15-22(17-10-12-19(25)13-11-17)33(31,32)28(24(15)30)14-16-6-8-18(9-7-16)23(29)27-21-5-3-2-4-20(21)26/h2-13H,14H2,1H3,(H,27,29). The second-order valence-corrected chi connectivity index (χ2v) is 9.21. The van der Waals surface area contributed by atoms with Gasteiger partial charge in [-0.1, -0.05) is 36.4 Å². The molecule has 0 aromatic heterocycles. The Bertz CT molecular complexity index is 1380. The summed E-state index contributed by atoms with van der Waals surface area (Å²) in [6, 6.07) is 16.6. The lowest BCUT2D eigenvalue weighted by atomic mass is 10.1. The number of sulfonamides is 1. The van der Waals surface area contributed by atoms with E-state index in [1.165, 1.54) is 61.5 Å². The van der Waals surface area contributed by atoms with Crippen molar-refractivity contribution in [3.05, 3.63) is 107 Å². The second kappa shape index (κ2) is 8.59. The summed E-state index contributed by atoms with van der Waals surface area (Å²) in [6.07, 6.45) is 0. The number of rotatable bonds is 5. The molecule has 4 rings (SSSR count). The van der Waals surface area contributed by atoms with Gasteiger partial charge in [0.1, 0.15) is 16.5 Å². The zero-order valence-corrected chi connectivity index (χ0v) is 18.2. The van der Waals surface area contributed by atoms with Crippen LogP contribution in [-0.4, -0.2) is 24.5 Å². The zero-order valence-electron chi connectivity index (χ0n) is 17.4. The van der Waals surface area contributed by atoms with Gasteiger partial charge in [0.15, 0.2) is 0 Å². The third kappa shape index (κ3) is 4.27. The molecule has 1 aliphatic rings. The highest BCUT2D eigenvalue weighted by Gasteiger charge is 2.42. The minimum atomic E-state index is -4.14. The molecule has 0 bridgehead atoms. The molecule has 0 unspecified atom stereocenters. The number of carbonyl (C=O) groups is 2. The number of nitrogens with one attached hydrogen (secondary N) is 1. The summed E-state index contributed by atoms with van der Waals surface area (Å²) in [7, 11) is -4.14. The first kappa shape index (κ1) is 22.3. The van der Waals surface area contributed by atoms with Gasteiger partial charge in [0, 0.05) is 11.1 Å². The van der Waals surface area contributed by atoms with Crippen molar-refractivity contribution in [2.45, 2.75) is 13.5 Å². The van der Waals surface area contributed by atoms with Crippen LogP contribution in [0.1, 0.15) is 28.4 Å². The van der Waals surface area contributed by atoms with Crippen molar-refractivity contribution >= 4 is 32.4 Å². The molecule has 0 atom stereocenters. The Morgan fingerprint density at radius 2 is 1.58 bits per heavy atom. The number of para-hydroxylation sites is 1. The van der Waals surface area contributed by atoms with Gasteiger partial charge in [0.25, 0.3) is 21.8 Å². The van der Waals surface area contributed by atoms with Gasteiger partial charge in [0.2, 0.25) is 0 Å². The molecule has 1 heterocycles. The molecule has 3 aromatic carbocycles. The molecule has 6 nitrogen and oxygen atoms in total. The number of carbonyl (C=O) groups excluding carboxylic acids is 2. The molecule has 168 valence electrons. The fraction of sp³-hybridized carbons (Fsp3) is 0.0833. The average molecular weight is 468 g/mol. The van der Waals surface area contributed by atoms with Gasteiger partial charge in [-0.2, -0.15) is 0 Å². The molecule has 0 fully saturated rings. The molecule has 0 aliphatic carbocycles. The van der Waals surface area contributed by atoms with Crippen LogP contribution in [-0.2, 0) is 21.4 Å². The molecule has 33 heavy (non-hydrogen) atoms. The number of anilines is 1. The van der Waals surface area contributed by atoms with Gasteiger partial charge in [-0.15, -0.1) is 0 Å². The lowest BCUT2D eigenvalue weighted by Gasteiger charge is -2.17. The van der Waals surface area contributed by atoms with E-state index in [1.807, 2.05) is 0 Å². The van der Waals surface area contributed by atoms with E-state index in [9.17, 15) is 26.8 Å². The second-order valence-electron chi connectivity index (χ2n) is 7.41. The van der Waals surface area contributed by atoms with Crippen molar-refractivity contribution in [2.24, 2.45) is 0 Å². The van der Waals surface area contributed by atoms with Gasteiger partial charge in [-0.25, -0.2) is 21.5 Å². The van der Waals surface area contributed by atoms with Crippen LogP contribution in [0.15, 0.2) is 78.4 Å². The van der Waals surface area contributed by atoms with Crippen molar-refractivity contribution < 1.29 is 26.8 Å². The fourth-order valence-electron chi connectivity index (χ4n) is 3.50. The van der Waals surface area contributed by atoms with Crippen LogP contribution in [0, 0.1) is 11.6 Å². The Morgan fingerprint density at radius 3 is 2.21 bits per heavy atom. The highest BCUT2D eigenvalue weighted by atomic mass is 32.2. The Balaban J connectivity index is 1.52. The van der Waals surface area contributed by atoms with Crippen molar-refractivity contribution in [2.75, 3.05) is 5.32 Å². The molecule has 3 aromatic rings. The minimum Gasteiger partial charge on any atom is -0.319 e. The van der Waals surface area contributed by atoms with Gasteiger partial charge in [-0.05, 0) is 54.4 Å². The SMILES string of the molecule is CC1=C(c2ccc(F)cc2)S(=O)(=O)N(Cc2ccc(C(=O)Nc3ccccc3F)cc2)C1=O. The van der Waals surface area contributed by atoms with Gasteiger partial charge >= 0.3 is 0 Å². The molecule has 1 N–H and O–H groups in total.